The molecule has 21 heavy (non-hydrogen) atoms. The summed E-state index contributed by atoms with van der Waals surface area (Å²) in [5, 5.41) is 0. The summed E-state index contributed by atoms with van der Waals surface area (Å²) >= 11 is 0. The fourth-order valence-electron chi connectivity index (χ4n) is 2.81. The molecule has 0 N–H and O–H groups in total. The van der Waals surface area contributed by atoms with E-state index >= 15 is 0 Å². The predicted octanol–water partition coefficient (Wildman–Crippen LogP) is -0.205. The summed E-state index contributed by atoms with van der Waals surface area (Å²) in [6, 6.07) is 2.95. The van der Waals surface area contributed by atoms with Crippen molar-refractivity contribution in [2.24, 2.45) is 0 Å². The third-order valence-corrected chi connectivity index (χ3v) is 4.13. The highest BCUT2D eigenvalue weighted by atomic mass is 16.3. The van der Waals surface area contributed by atoms with Crippen LogP contribution in [0.5, 0.6) is 0 Å². The van der Waals surface area contributed by atoms with Gasteiger partial charge in [0.2, 0.25) is 11.8 Å². The number of carbonyl (C=O) groups excluding carboxylic acids is 3. The van der Waals surface area contributed by atoms with Gasteiger partial charge in [-0.2, -0.15) is 0 Å². The first-order valence-electron chi connectivity index (χ1n) is 6.95. The lowest BCUT2D eigenvalue weighted by Crippen LogP contribution is -2.53. The van der Waals surface area contributed by atoms with Gasteiger partial charge in [0.05, 0.1) is 18.7 Å². The number of furan rings is 1. The molecule has 2 aliphatic heterocycles. The van der Waals surface area contributed by atoms with Crippen LogP contribution in [-0.2, 0) is 9.59 Å². The number of likely N-dealkylation sites (N-methyl/N-ethyl adjacent to an activating group) is 1. The Morgan fingerprint density at radius 1 is 1.24 bits per heavy atom. The fraction of sp³-hybridized carbons (Fsp3) is 0.500. The maximum atomic E-state index is 12.1. The average Bonchev–Trinajstić information content (AvgIpc) is 3.12. The normalized spacial score (nSPS) is 24.0. The third-order valence-electron chi connectivity index (χ3n) is 4.13. The molecule has 3 rings (SSSR count). The molecule has 1 aromatic rings. The minimum atomic E-state index is -0.372. The molecule has 0 aliphatic carbocycles. The van der Waals surface area contributed by atoms with E-state index in [-0.39, 0.29) is 30.2 Å². The van der Waals surface area contributed by atoms with Crippen LogP contribution in [0.15, 0.2) is 22.8 Å². The smallest absolute Gasteiger partial charge is 0.289 e. The molecule has 2 saturated heterocycles. The Morgan fingerprint density at radius 3 is 2.48 bits per heavy atom. The van der Waals surface area contributed by atoms with Crippen LogP contribution < -0.4 is 0 Å². The lowest BCUT2D eigenvalue weighted by Gasteiger charge is -2.36. The van der Waals surface area contributed by atoms with Gasteiger partial charge in [-0.3, -0.25) is 24.2 Å². The van der Waals surface area contributed by atoms with Crippen LogP contribution in [0.3, 0.4) is 0 Å². The van der Waals surface area contributed by atoms with E-state index in [1.54, 1.807) is 17.0 Å². The topological polar surface area (TPSA) is 74.1 Å². The van der Waals surface area contributed by atoms with E-state index in [0.717, 1.165) is 0 Å². The van der Waals surface area contributed by atoms with Crippen LogP contribution in [0.2, 0.25) is 0 Å². The maximum Gasteiger partial charge on any atom is 0.289 e. The summed E-state index contributed by atoms with van der Waals surface area (Å²) in [5.74, 6) is -0.0919. The fourth-order valence-corrected chi connectivity index (χ4v) is 2.81. The number of imide groups is 1. The maximum absolute atomic E-state index is 12.1. The standard InChI is InChI=1S/C14H17N3O4/c1-15-12(18)9-10(13(15)19)16-4-6-17(7-5-16)14(20)11-3-2-8-21-11/h2-3,8,10H,4-7,9H2,1H3. The molecule has 0 bridgehead atoms. The number of hydrogen-bond donors (Lipinski definition) is 0. The van der Waals surface area contributed by atoms with E-state index in [4.69, 9.17) is 4.42 Å². The zero-order valence-electron chi connectivity index (χ0n) is 11.8. The minimum absolute atomic E-state index is 0.134. The Hall–Kier alpha value is -2.15. The molecule has 3 amide bonds. The van der Waals surface area contributed by atoms with Gasteiger partial charge in [-0.25, -0.2) is 0 Å². The molecule has 3 heterocycles. The summed E-state index contributed by atoms with van der Waals surface area (Å²) in [6.45, 7) is 2.23. The lowest BCUT2D eigenvalue weighted by atomic mass is 10.1. The summed E-state index contributed by atoms with van der Waals surface area (Å²) in [6.07, 6.45) is 1.71. The molecule has 0 radical (unpaired) electrons. The molecule has 7 heteroatoms. The summed E-state index contributed by atoms with van der Waals surface area (Å²) in [4.78, 5) is 40.6. The Morgan fingerprint density at radius 2 is 1.95 bits per heavy atom. The van der Waals surface area contributed by atoms with E-state index < -0.39 is 0 Å². The first kappa shape index (κ1) is 13.8. The zero-order chi connectivity index (χ0) is 15.0. The van der Waals surface area contributed by atoms with Gasteiger partial charge in [0, 0.05) is 33.2 Å². The molecule has 2 aliphatic rings. The van der Waals surface area contributed by atoms with Gasteiger partial charge in [0.25, 0.3) is 5.91 Å². The molecular weight excluding hydrogens is 274 g/mol. The molecule has 1 unspecified atom stereocenters. The summed E-state index contributed by atoms with van der Waals surface area (Å²) in [7, 11) is 1.52. The van der Waals surface area contributed by atoms with Crippen LogP contribution in [0.1, 0.15) is 17.0 Å². The number of nitrogens with zero attached hydrogens (tertiary/aromatic N) is 3. The van der Waals surface area contributed by atoms with Gasteiger partial charge in [0.1, 0.15) is 0 Å². The molecule has 7 nitrogen and oxygen atoms in total. The van der Waals surface area contributed by atoms with Crippen molar-refractivity contribution in [1.82, 2.24) is 14.7 Å². The second-order valence-corrected chi connectivity index (χ2v) is 5.32. The van der Waals surface area contributed by atoms with Crippen molar-refractivity contribution in [3.8, 4) is 0 Å². The number of hydrogen-bond acceptors (Lipinski definition) is 5. The van der Waals surface area contributed by atoms with Gasteiger partial charge in [0.15, 0.2) is 5.76 Å². The van der Waals surface area contributed by atoms with E-state index in [9.17, 15) is 14.4 Å². The Labute approximate surface area is 122 Å². The van der Waals surface area contributed by atoms with Crippen LogP contribution in [0.25, 0.3) is 0 Å². The Balaban J connectivity index is 1.60. The summed E-state index contributed by atoms with van der Waals surface area (Å²) in [5.41, 5.74) is 0. The number of piperazine rings is 1. The van der Waals surface area contributed by atoms with Crippen molar-refractivity contribution in [3.05, 3.63) is 24.2 Å². The largest absolute Gasteiger partial charge is 0.459 e. The number of rotatable bonds is 2. The molecule has 1 atom stereocenters. The Kier molecular flexibility index (Phi) is 3.50. The first-order chi connectivity index (χ1) is 10.1. The third kappa shape index (κ3) is 2.44. The zero-order valence-corrected chi connectivity index (χ0v) is 11.8. The molecule has 1 aromatic heterocycles. The van der Waals surface area contributed by atoms with Crippen LogP contribution >= 0.6 is 0 Å². The van der Waals surface area contributed by atoms with Gasteiger partial charge in [-0.1, -0.05) is 0 Å². The van der Waals surface area contributed by atoms with E-state index in [2.05, 4.69) is 0 Å². The highest BCUT2D eigenvalue weighted by Gasteiger charge is 2.41. The predicted molar refractivity (Wildman–Crippen MR) is 72.4 cm³/mol. The molecule has 0 saturated carbocycles. The SMILES string of the molecule is CN1C(=O)CC(N2CCN(C(=O)c3ccco3)CC2)C1=O. The number of likely N-dealkylation sites (tertiary alicyclic amines) is 1. The van der Waals surface area contributed by atoms with Crippen molar-refractivity contribution in [2.45, 2.75) is 12.5 Å². The monoisotopic (exact) mass is 291 g/mol. The molecule has 112 valence electrons. The minimum Gasteiger partial charge on any atom is -0.459 e. The quantitative estimate of drug-likeness (QED) is 0.705. The van der Waals surface area contributed by atoms with Gasteiger partial charge in [-0.05, 0) is 12.1 Å². The van der Waals surface area contributed by atoms with Crippen molar-refractivity contribution in [1.29, 1.82) is 0 Å². The van der Waals surface area contributed by atoms with Crippen molar-refractivity contribution in [2.75, 3.05) is 33.2 Å². The lowest BCUT2D eigenvalue weighted by molar-refractivity contribution is -0.138. The van der Waals surface area contributed by atoms with Crippen molar-refractivity contribution < 1.29 is 18.8 Å². The summed E-state index contributed by atoms with van der Waals surface area (Å²) < 4.78 is 5.11. The second kappa shape index (κ2) is 5.33. The van der Waals surface area contributed by atoms with Crippen LogP contribution in [-0.4, -0.2) is 71.7 Å². The van der Waals surface area contributed by atoms with Crippen molar-refractivity contribution in [3.63, 3.8) is 0 Å². The highest BCUT2D eigenvalue weighted by Crippen LogP contribution is 2.19. The Bertz CT molecular complexity index is 561. The average molecular weight is 291 g/mol. The van der Waals surface area contributed by atoms with E-state index in [1.807, 2.05) is 4.90 Å². The number of carbonyl (C=O) groups is 3. The molecule has 0 spiro atoms. The molecular formula is C14H17N3O4. The van der Waals surface area contributed by atoms with Crippen LogP contribution in [0, 0.1) is 0 Å². The van der Waals surface area contributed by atoms with E-state index in [1.165, 1.54) is 18.2 Å². The van der Waals surface area contributed by atoms with Crippen LogP contribution in [0.4, 0.5) is 0 Å². The van der Waals surface area contributed by atoms with Gasteiger partial charge >= 0.3 is 0 Å². The van der Waals surface area contributed by atoms with Crippen molar-refractivity contribution >= 4 is 17.7 Å². The molecule has 2 fully saturated rings. The first-order valence-corrected chi connectivity index (χ1v) is 6.95. The highest BCUT2D eigenvalue weighted by molar-refractivity contribution is 6.05. The van der Waals surface area contributed by atoms with Gasteiger partial charge in [-0.15, -0.1) is 0 Å². The molecule has 0 aromatic carbocycles. The van der Waals surface area contributed by atoms with Gasteiger partial charge < -0.3 is 9.32 Å². The second-order valence-electron chi connectivity index (χ2n) is 5.32. The number of amides is 3. The van der Waals surface area contributed by atoms with E-state index in [0.29, 0.717) is 31.9 Å².